The van der Waals surface area contributed by atoms with Gasteiger partial charge in [0.2, 0.25) is 0 Å². The highest BCUT2D eigenvalue weighted by Crippen LogP contribution is 2.43. The van der Waals surface area contributed by atoms with Gasteiger partial charge in [-0.05, 0) is 41.9 Å². The van der Waals surface area contributed by atoms with Gasteiger partial charge in [0.05, 0.1) is 6.54 Å². The van der Waals surface area contributed by atoms with Crippen molar-refractivity contribution in [1.82, 2.24) is 20.4 Å². The third-order valence-electron chi connectivity index (χ3n) is 5.56. The van der Waals surface area contributed by atoms with Crippen LogP contribution >= 0.6 is 0 Å². The van der Waals surface area contributed by atoms with Crippen LogP contribution in [0.2, 0.25) is 0 Å². The molecule has 1 fully saturated rings. The molecular formula is C21H31N5O. The molecule has 6 heteroatoms. The van der Waals surface area contributed by atoms with Crippen LogP contribution in [0.4, 0.5) is 0 Å². The third kappa shape index (κ3) is 5.32. The van der Waals surface area contributed by atoms with Gasteiger partial charge >= 0.3 is 0 Å². The highest BCUT2D eigenvalue weighted by Gasteiger charge is 2.36. The Bertz CT molecular complexity index is 722. The van der Waals surface area contributed by atoms with Crippen molar-refractivity contribution in [1.29, 1.82) is 0 Å². The maximum Gasteiger partial charge on any atom is 0.191 e. The van der Waals surface area contributed by atoms with Gasteiger partial charge in [-0.15, -0.1) is 0 Å². The number of hydrogen-bond acceptors (Lipinski definition) is 3. The highest BCUT2D eigenvalue weighted by atomic mass is 16.5. The number of aromatic nitrogens is 2. The minimum atomic E-state index is 0.367. The summed E-state index contributed by atoms with van der Waals surface area (Å²) >= 11 is 0. The molecule has 1 saturated carbocycles. The molecule has 1 aliphatic rings. The minimum absolute atomic E-state index is 0.367. The molecule has 0 bridgehead atoms. The molecular weight excluding hydrogens is 338 g/mol. The molecule has 0 saturated heterocycles. The van der Waals surface area contributed by atoms with Crippen LogP contribution in [0.3, 0.4) is 0 Å². The minimum Gasteiger partial charge on any atom is -0.385 e. The van der Waals surface area contributed by atoms with Gasteiger partial charge in [0, 0.05) is 46.2 Å². The monoisotopic (exact) mass is 369 g/mol. The molecule has 0 radical (unpaired) electrons. The zero-order valence-electron chi connectivity index (χ0n) is 16.4. The van der Waals surface area contributed by atoms with Gasteiger partial charge in [-0.1, -0.05) is 30.7 Å². The lowest BCUT2D eigenvalue weighted by molar-refractivity contribution is 0.0732. The summed E-state index contributed by atoms with van der Waals surface area (Å²) in [4.78, 5) is 4.40. The Kier molecular flexibility index (Phi) is 6.87. The molecule has 0 spiro atoms. The van der Waals surface area contributed by atoms with Crippen LogP contribution in [0.25, 0.3) is 0 Å². The predicted octanol–water partition coefficient (Wildman–Crippen LogP) is 2.80. The number of methoxy groups -OCH3 is 1. The van der Waals surface area contributed by atoms with Gasteiger partial charge in [-0.25, -0.2) is 0 Å². The lowest BCUT2D eigenvalue weighted by atomic mass is 9.67. The Hall–Kier alpha value is -2.34. The molecule has 1 heterocycles. The quantitative estimate of drug-likeness (QED) is 0.527. The van der Waals surface area contributed by atoms with Crippen LogP contribution in [-0.4, -0.2) is 43.0 Å². The van der Waals surface area contributed by atoms with Crippen molar-refractivity contribution in [2.75, 3.05) is 27.3 Å². The number of aliphatic imine (C=N–C) groups is 1. The van der Waals surface area contributed by atoms with Gasteiger partial charge < -0.3 is 15.4 Å². The lowest BCUT2D eigenvalue weighted by Crippen LogP contribution is -2.46. The molecule has 3 rings (SSSR count). The van der Waals surface area contributed by atoms with E-state index in [1.807, 2.05) is 30.2 Å². The Morgan fingerprint density at radius 2 is 2.04 bits per heavy atom. The van der Waals surface area contributed by atoms with Crippen molar-refractivity contribution in [2.24, 2.45) is 10.4 Å². The van der Waals surface area contributed by atoms with Crippen LogP contribution < -0.4 is 10.6 Å². The highest BCUT2D eigenvalue weighted by molar-refractivity contribution is 5.79. The van der Waals surface area contributed by atoms with E-state index in [0.29, 0.717) is 5.41 Å². The fraction of sp³-hybridized carbons (Fsp3) is 0.524. The molecule has 27 heavy (non-hydrogen) atoms. The standard InChI is InChI=1S/C21H31N5O/c1-22-20(24-17-21(9-5-10-21)11-14-27-2)23-15-18-7-3-4-8-19(18)16-26-13-6-12-25-26/h3-4,6-8,12-13H,5,9-11,14-17H2,1-2H3,(H2,22,23,24). The van der Waals surface area contributed by atoms with Crippen LogP contribution in [0.15, 0.2) is 47.7 Å². The van der Waals surface area contributed by atoms with Crippen LogP contribution in [0.1, 0.15) is 36.8 Å². The molecule has 0 unspecified atom stereocenters. The molecule has 0 aliphatic heterocycles. The van der Waals surface area contributed by atoms with E-state index in [-0.39, 0.29) is 0 Å². The van der Waals surface area contributed by atoms with Crippen molar-refractivity contribution < 1.29 is 4.74 Å². The average Bonchev–Trinajstić information content (AvgIpc) is 3.17. The molecule has 0 amide bonds. The zero-order valence-corrected chi connectivity index (χ0v) is 16.4. The number of rotatable bonds is 9. The van der Waals surface area contributed by atoms with Crippen LogP contribution in [-0.2, 0) is 17.8 Å². The van der Waals surface area contributed by atoms with Gasteiger partial charge in [-0.2, -0.15) is 5.10 Å². The number of guanidine groups is 1. The molecule has 146 valence electrons. The van der Waals surface area contributed by atoms with Crippen molar-refractivity contribution in [3.63, 3.8) is 0 Å². The van der Waals surface area contributed by atoms with E-state index in [4.69, 9.17) is 4.74 Å². The molecule has 6 nitrogen and oxygen atoms in total. The second-order valence-corrected chi connectivity index (χ2v) is 7.35. The van der Waals surface area contributed by atoms with Crippen molar-refractivity contribution in [2.45, 2.75) is 38.8 Å². The smallest absolute Gasteiger partial charge is 0.191 e. The summed E-state index contributed by atoms with van der Waals surface area (Å²) < 4.78 is 7.23. The largest absolute Gasteiger partial charge is 0.385 e. The Morgan fingerprint density at radius 1 is 1.22 bits per heavy atom. The van der Waals surface area contributed by atoms with Crippen LogP contribution in [0, 0.1) is 5.41 Å². The van der Waals surface area contributed by atoms with E-state index in [2.05, 4.69) is 45.0 Å². The maximum atomic E-state index is 5.29. The first-order chi connectivity index (χ1) is 13.2. The first kappa shape index (κ1) is 19.4. The summed E-state index contributed by atoms with van der Waals surface area (Å²) in [5.41, 5.74) is 2.89. The second-order valence-electron chi connectivity index (χ2n) is 7.35. The van der Waals surface area contributed by atoms with Crippen molar-refractivity contribution >= 4 is 5.96 Å². The summed E-state index contributed by atoms with van der Waals surface area (Å²) in [5.74, 6) is 0.854. The first-order valence-corrected chi connectivity index (χ1v) is 9.72. The molecule has 0 atom stereocenters. The van der Waals surface area contributed by atoms with E-state index < -0.39 is 0 Å². The first-order valence-electron chi connectivity index (χ1n) is 9.72. The zero-order chi connectivity index (χ0) is 19.0. The normalized spacial score (nSPS) is 16.0. The fourth-order valence-electron chi connectivity index (χ4n) is 3.63. The summed E-state index contributed by atoms with van der Waals surface area (Å²) in [5, 5.41) is 11.3. The molecule has 1 aromatic heterocycles. The number of nitrogens with zero attached hydrogens (tertiary/aromatic N) is 3. The van der Waals surface area contributed by atoms with Gasteiger partial charge in [-0.3, -0.25) is 9.67 Å². The topological polar surface area (TPSA) is 63.5 Å². The molecule has 2 N–H and O–H groups in total. The molecule has 1 aliphatic carbocycles. The van der Waals surface area contributed by atoms with Gasteiger partial charge in [0.25, 0.3) is 0 Å². The van der Waals surface area contributed by atoms with E-state index >= 15 is 0 Å². The number of nitrogens with one attached hydrogen (secondary N) is 2. The van der Waals surface area contributed by atoms with Crippen LogP contribution in [0.5, 0.6) is 0 Å². The van der Waals surface area contributed by atoms with E-state index in [1.165, 1.54) is 30.4 Å². The van der Waals surface area contributed by atoms with Crippen molar-refractivity contribution in [3.05, 3.63) is 53.9 Å². The fourth-order valence-corrected chi connectivity index (χ4v) is 3.63. The summed E-state index contributed by atoms with van der Waals surface area (Å²) in [6, 6.07) is 10.4. The van der Waals surface area contributed by atoms with E-state index in [0.717, 1.165) is 38.6 Å². The summed E-state index contributed by atoms with van der Waals surface area (Å²) in [7, 11) is 3.61. The average molecular weight is 370 g/mol. The summed E-state index contributed by atoms with van der Waals surface area (Å²) in [6.45, 7) is 3.29. The van der Waals surface area contributed by atoms with E-state index in [9.17, 15) is 0 Å². The predicted molar refractivity (Wildman–Crippen MR) is 109 cm³/mol. The van der Waals surface area contributed by atoms with Crippen molar-refractivity contribution in [3.8, 4) is 0 Å². The Morgan fingerprint density at radius 3 is 2.67 bits per heavy atom. The Labute approximate surface area is 162 Å². The van der Waals surface area contributed by atoms with E-state index in [1.54, 1.807) is 7.11 Å². The second kappa shape index (κ2) is 9.55. The number of ether oxygens (including phenoxy) is 1. The number of hydrogen-bond donors (Lipinski definition) is 2. The van der Waals surface area contributed by atoms with Gasteiger partial charge in [0.15, 0.2) is 5.96 Å². The maximum absolute atomic E-state index is 5.29. The van der Waals surface area contributed by atoms with Gasteiger partial charge in [0.1, 0.15) is 0 Å². The molecule has 2 aromatic rings. The third-order valence-corrected chi connectivity index (χ3v) is 5.56. The summed E-state index contributed by atoms with van der Waals surface area (Å²) in [6.07, 6.45) is 8.77. The SMILES string of the molecule is CN=C(NCc1ccccc1Cn1cccn1)NCC1(CCOC)CCC1. The molecule has 1 aromatic carbocycles. The lowest BCUT2D eigenvalue weighted by Gasteiger charge is -2.42. The Balaban J connectivity index is 1.54. The number of benzene rings is 1.